The highest BCUT2D eigenvalue weighted by Crippen LogP contribution is 2.46. The molecule has 1 saturated carbocycles. The molecule has 1 aliphatic rings. The maximum absolute atomic E-state index is 14.7. The van der Waals surface area contributed by atoms with Gasteiger partial charge in [0, 0.05) is 35.4 Å². The minimum absolute atomic E-state index is 0.110. The van der Waals surface area contributed by atoms with Crippen LogP contribution in [0.2, 0.25) is 36.3 Å². The van der Waals surface area contributed by atoms with E-state index in [2.05, 4.69) is 80.4 Å². The van der Waals surface area contributed by atoms with Crippen molar-refractivity contribution in [3.05, 3.63) is 84.5 Å². The van der Waals surface area contributed by atoms with Crippen molar-refractivity contribution < 1.29 is 13.4 Å². The van der Waals surface area contributed by atoms with E-state index < -0.39 is 23.8 Å². The van der Waals surface area contributed by atoms with Crippen molar-refractivity contribution in [1.82, 2.24) is 0 Å². The first-order chi connectivity index (χ1) is 18.4. The standard InChI is InChI=1S/C34H53O3PSi2/c1-27-28(22-23-38(35,31-18-14-12-15-19-31)32-20-16-13-17-21-32)24-30(37-40(10,11)34(5,6)7)25-29(27)26-36-39(8,9)33(2,3)4/h12-22,29-30H,1,23-26H2,2-11H3/b28-22+/t29-,30-/m1/s1. The van der Waals surface area contributed by atoms with E-state index in [4.69, 9.17) is 8.85 Å². The van der Waals surface area contributed by atoms with E-state index in [0.29, 0.717) is 12.8 Å². The number of benzene rings is 2. The Morgan fingerprint density at radius 2 is 1.32 bits per heavy atom. The lowest BCUT2D eigenvalue weighted by Gasteiger charge is -2.43. The third kappa shape index (κ3) is 7.66. The summed E-state index contributed by atoms with van der Waals surface area (Å²) in [4.78, 5) is 0. The summed E-state index contributed by atoms with van der Waals surface area (Å²) in [5.74, 6) is 0.191. The fraction of sp³-hybridized carbons (Fsp3) is 0.529. The molecule has 0 saturated heterocycles. The predicted molar refractivity (Wildman–Crippen MR) is 180 cm³/mol. The SMILES string of the molecule is C=C1/C(=C/CP(=O)(c2ccccc2)c2ccccc2)C[C@@H](O[Si](C)(C)C(C)(C)C)C[C@@H]1CO[Si](C)(C)C(C)(C)C. The van der Waals surface area contributed by atoms with Crippen molar-refractivity contribution in [2.24, 2.45) is 5.92 Å². The molecule has 2 atom stereocenters. The molecular weight excluding hydrogens is 544 g/mol. The molecule has 0 radical (unpaired) electrons. The lowest BCUT2D eigenvalue weighted by Crippen LogP contribution is -2.46. The highest BCUT2D eigenvalue weighted by molar-refractivity contribution is 7.78. The van der Waals surface area contributed by atoms with Gasteiger partial charge >= 0.3 is 0 Å². The molecule has 40 heavy (non-hydrogen) atoms. The van der Waals surface area contributed by atoms with Crippen molar-refractivity contribution in [2.45, 2.75) is 96.8 Å². The Morgan fingerprint density at radius 3 is 1.77 bits per heavy atom. The topological polar surface area (TPSA) is 35.5 Å². The van der Waals surface area contributed by atoms with Crippen LogP contribution in [0.3, 0.4) is 0 Å². The zero-order chi connectivity index (χ0) is 30.0. The Kier molecular flexibility index (Phi) is 10.2. The largest absolute Gasteiger partial charge is 0.416 e. The fourth-order valence-electron chi connectivity index (χ4n) is 4.71. The van der Waals surface area contributed by atoms with Crippen LogP contribution in [0.4, 0.5) is 0 Å². The molecule has 3 nitrogen and oxygen atoms in total. The Morgan fingerprint density at radius 1 is 0.850 bits per heavy atom. The Balaban J connectivity index is 1.97. The molecular formula is C34H53O3PSi2. The van der Waals surface area contributed by atoms with Crippen LogP contribution in [-0.4, -0.2) is 35.5 Å². The van der Waals surface area contributed by atoms with E-state index in [1.165, 1.54) is 5.57 Å². The van der Waals surface area contributed by atoms with E-state index >= 15 is 0 Å². The zero-order valence-electron chi connectivity index (χ0n) is 26.7. The van der Waals surface area contributed by atoms with Gasteiger partial charge < -0.3 is 13.4 Å². The first-order valence-electron chi connectivity index (χ1n) is 14.8. The highest BCUT2D eigenvalue weighted by atomic mass is 31.2. The smallest absolute Gasteiger partial charge is 0.192 e. The van der Waals surface area contributed by atoms with Crippen molar-refractivity contribution >= 4 is 34.4 Å². The maximum atomic E-state index is 14.7. The minimum Gasteiger partial charge on any atom is -0.416 e. The van der Waals surface area contributed by atoms with Crippen LogP contribution >= 0.6 is 7.14 Å². The van der Waals surface area contributed by atoms with E-state index in [1.807, 2.05) is 60.7 Å². The van der Waals surface area contributed by atoms with Gasteiger partial charge in [-0.25, -0.2) is 0 Å². The van der Waals surface area contributed by atoms with E-state index in [-0.39, 0.29) is 22.1 Å². The monoisotopic (exact) mass is 596 g/mol. The Bertz CT molecular complexity index is 1180. The first kappa shape index (κ1) is 33.0. The molecule has 0 N–H and O–H groups in total. The molecule has 0 heterocycles. The van der Waals surface area contributed by atoms with Crippen LogP contribution in [-0.2, 0) is 13.4 Å². The molecule has 0 bridgehead atoms. The maximum Gasteiger partial charge on any atom is 0.192 e. The molecule has 0 spiro atoms. The van der Waals surface area contributed by atoms with E-state index in [1.54, 1.807) is 0 Å². The van der Waals surface area contributed by atoms with Gasteiger partial charge in [0.25, 0.3) is 0 Å². The molecule has 0 unspecified atom stereocenters. The molecule has 3 rings (SSSR count). The van der Waals surface area contributed by atoms with Crippen molar-refractivity contribution in [3.63, 3.8) is 0 Å². The van der Waals surface area contributed by atoms with Crippen LogP contribution in [0.1, 0.15) is 54.4 Å². The van der Waals surface area contributed by atoms with Gasteiger partial charge in [-0.1, -0.05) is 115 Å². The molecule has 2 aromatic carbocycles. The number of rotatable bonds is 9. The second-order valence-corrected chi connectivity index (χ2v) is 27.0. The summed E-state index contributed by atoms with van der Waals surface area (Å²) in [6.07, 6.45) is 4.53. The summed E-state index contributed by atoms with van der Waals surface area (Å²) in [6.45, 7) is 28.3. The Labute approximate surface area is 247 Å². The van der Waals surface area contributed by atoms with Crippen LogP contribution in [0.5, 0.6) is 0 Å². The van der Waals surface area contributed by atoms with Crippen molar-refractivity contribution in [2.75, 3.05) is 12.8 Å². The molecule has 1 aliphatic carbocycles. The van der Waals surface area contributed by atoms with Crippen LogP contribution < -0.4 is 10.6 Å². The molecule has 2 aromatic rings. The van der Waals surface area contributed by atoms with Gasteiger partial charge in [0.15, 0.2) is 16.6 Å². The molecule has 6 heteroatoms. The lowest BCUT2D eigenvalue weighted by molar-refractivity contribution is 0.124. The third-order valence-corrected chi connectivity index (χ3v) is 21.6. The van der Waals surface area contributed by atoms with Crippen molar-refractivity contribution in [1.29, 1.82) is 0 Å². The highest BCUT2D eigenvalue weighted by Gasteiger charge is 2.42. The van der Waals surface area contributed by atoms with Gasteiger partial charge in [-0.2, -0.15) is 0 Å². The van der Waals surface area contributed by atoms with E-state index in [0.717, 1.165) is 29.0 Å². The zero-order valence-corrected chi connectivity index (χ0v) is 29.6. The van der Waals surface area contributed by atoms with Gasteiger partial charge in [0.05, 0.1) is 0 Å². The Hall–Kier alpha value is -1.50. The summed E-state index contributed by atoms with van der Waals surface area (Å²) in [6, 6.07) is 19.9. The van der Waals surface area contributed by atoms with Crippen LogP contribution in [0.25, 0.3) is 0 Å². The van der Waals surface area contributed by atoms with Gasteiger partial charge in [-0.3, -0.25) is 0 Å². The van der Waals surface area contributed by atoms with Crippen LogP contribution in [0.15, 0.2) is 84.5 Å². The predicted octanol–water partition coefficient (Wildman–Crippen LogP) is 9.31. The molecule has 0 aliphatic heterocycles. The molecule has 220 valence electrons. The quantitative estimate of drug-likeness (QED) is 0.214. The van der Waals surface area contributed by atoms with Gasteiger partial charge in [0.1, 0.15) is 7.14 Å². The molecule has 1 fully saturated rings. The average Bonchev–Trinajstić information content (AvgIpc) is 2.87. The number of allylic oxidation sites excluding steroid dienone is 1. The normalized spacial score (nSPS) is 20.6. The lowest BCUT2D eigenvalue weighted by atomic mass is 9.80. The number of hydrogen-bond donors (Lipinski definition) is 0. The van der Waals surface area contributed by atoms with E-state index in [9.17, 15) is 4.57 Å². The van der Waals surface area contributed by atoms with Gasteiger partial charge in [-0.15, -0.1) is 0 Å². The minimum atomic E-state index is -2.86. The summed E-state index contributed by atoms with van der Waals surface area (Å²) < 4.78 is 28.5. The molecule has 0 amide bonds. The van der Waals surface area contributed by atoms with Crippen molar-refractivity contribution in [3.8, 4) is 0 Å². The summed E-state index contributed by atoms with van der Waals surface area (Å²) in [5, 5.41) is 2.07. The third-order valence-electron chi connectivity index (χ3n) is 9.56. The van der Waals surface area contributed by atoms with Gasteiger partial charge in [0.2, 0.25) is 0 Å². The summed E-state index contributed by atoms with van der Waals surface area (Å²) >= 11 is 0. The second-order valence-electron chi connectivity index (χ2n) is 14.6. The number of hydrogen-bond acceptors (Lipinski definition) is 3. The van der Waals surface area contributed by atoms with Crippen LogP contribution in [0, 0.1) is 5.92 Å². The average molecular weight is 597 g/mol. The molecule has 0 aromatic heterocycles. The first-order valence-corrected chi connectivity index (χ1v) is 22.5. The summed E-state index contributed by atoms with van der Waals surface area (Å²) in [7, 11) is -6.75. The summed E-state index contributed by atoms with van der Waals surface area (Å²) in [5.41, 5.74) is 2.31. The fourth-order valence-corrected chi connectivity index (χ4v) is 9.63. The second kappa shape index (κ2) is 12.4. The van der Waals surface area contributed by atoms with Gasteiger partial charge in [-0.05, 0) is 60.3 Å².